The molecule has 0 spiro atoms. The zero-order valence-electron chi connectivity index (χ0n) is 6.15. The molecular formula is C4H3N5O4. The highest BCUT2D eigenvalue weighted by Gasteiger charge is 2.51. The molecule has 1 rings (SSSR count). The third-order valence-corrected chi connectivity index (χ3v) is 1.48. The Kier molecular flexibility index (Phi) is 2.11. The maximum atomic E-state index is 10.9. The van der Waals surface area contributed by atoms with Gasteiger partial charge >= 0.3 is 17.9 Å². The van der Waals surface area contributed by atoms with Gasteiger partial charge in [-0.1, -0.05) is 0 Å². The van der Waals surface area contributed by atoms with Gasteiger partial charge in [0.05, 0.1) is 0 Å². The highest BCUT2D eigenvalue weighted by molar-refractivity contribution is 6.04. The molecule has 1 aliphatic heterocycles. The lowest BCUT2D eigenvalue weighted by Crippen LogP contribution is -2.30. The van der Waals surface area contributed by atoms with Crippen LogP contribution < -0.4 is 0 Å². The molecule has 1 saturated heterocycles. The predicted octanol–water partition coefficient (Wildman–Crippen LogP) is -0.384. The van der Waals surface area contributed by atoms with E-state index in [0.717, 1.165) is 0 Å². The topological polar surface area (TPSA) is 129 Å². The van der Waals surface area contributed by atoms with Gasteiger partial charge in [0.25, 0.3) is 0 Å². The average Bonchev–Trinajstić information content (AvgIpc) is 2.32. The molecule has 0 aromatic rings. The number of carbonyl (C=O) groups is 2. The molecule has 0 radical (unpaired) electrons. The Morgan fingerprint density at radius 3 is 2.69 bits per heavy atom. The number of hydrogen-bond donors (Lipinski definition) is 0. The van der Waals surface area contributed by atoms with Crippen LogP contribution in [0.25, 0.3) is 10.4 Å². The monoisotopic (exact) mass is 185 g/mol. The highest BCUT2D eigenvalue weighted by Crippen LogP contribution is 2.15. The van der Waals surface area contributed by atoms with Crippen LogP contribution >= 0.6 is 0 Å². The second-order valence-electron chi connectivity index (χ2n) is 2.23. The zero-order chi connectivity index (χ0) is 10.0. The van der Waals surface area contributed by atoms with E-state index in [1.54, 1.807) is 0 Å². The van der Waals surface area contributed by atoms with Gasteiger partial charge in [0.15, 0.2) is 0 Å². The summed E-state index contributed by atoms with van der Waals surface area (Å²) in [4.78, 5) is 33.3. The third-order valence-electron chi connectivity index (χ3n) is 1.48. The zero-order valence-corrected chi connectivity index (χ0v) is 6.15. The minimum atomic E-state index is -1.61. The van der Waals surface area contributed by atoms with Crippen molar-refractivity contribution in [1.29, 1.82) is 0 Å². The van der Waals surface area contributed by atoms with Crippen LogP contribution in [0.1, 0.15) is 6.42 Å². The summed E-state index contributed by atoms with van der Waals surface area (Å²) in [5.74, 6) is -1.95. The van der Waals surface area contributed by atoms with Crippen molar-refractivity contribution in [1.82, 2.24) is 5.01 Å². The Labute approximate surface area is 70.7 Å². The summed E-state index contributed by atoms with van der Waals surface area (Å²) in [5.41, 5.74) is 7.93. The quantitative estimate of drug-likeness (QED) is 0.145. The lowest BCUT2D eigenvalue weighted by atomic mass is 10.3. The summed E-state index contributed by atoms with van der Waals surface area (Å²) < 4.78 is 0. The van der Waals surface area contributed by atoms with E-state index in [1.165, 1.54) is 0 Å². The lowest BCUT2D eigenvalue weighted by Gasteiger charge is -1.96. The second kappa shape index (κ2) is 3.07. The number of azide groups is 1. The van der Waals surface area contributed by atoms with E-state index in [2.05, 4.69) is 10.1 Å². The molecule has 1 fully saturated rings. The Hall–Kier alpha value is -2.15. The van der Waals surface area contributed by atoms with Crippen LogP contribution in [0.5, 0.6) is 0 Å². The molecule has 0 saturated carbocycles. The van der Waals surface area contributed by atoms with Gasteiger partial charge in [-0.05, 0) is 5.22 Å². The van der Waals surface area contributed by atoms with Crippen LogP contribution in [-0.2, 0) is 9.59 Å². The Bertz CT molecular complexity index is 331. The maximum absolute atomic E-state index is 10.9. The fraction of sp³-hybridized carbons (Fsp3) is 0.500. The molecule has 0 aliphatic carbocycles. The molecule has 1 heterocycles. The first-order chi connectivity index (χ1) is 6.07. The van der Waals surface area contributed by atoms with Crippen LogP contribution in [0.2, 0.25) is 0 Å². The Balaban J connectivity index is 2.93. The van der Waals surface area contributed by atoms with Gasteiger partial charge in [0.1, 0.15) is 6.42 Å². The van der Waals surface area contributed by atoms with Gasteiger partial charge in [0.2, 0.25) is 0 Å². The van der Waals surface area contributed by atoms with Crippen LogP contribution in [0.3, 0.4) is 0 Å². The molecule has 1 unspecified atom stereocenters. The van der Waals surface area contributed by atoms with Crippen molar-refractivity contribution in [3.63, 3.8) is 0 Å². The molecule has 0 aromatic heterocycles. The smallest absolute Gasteiger partial charge is 0.264 e. The van der Waals surface area contributed by atoms with E-state index in [9.17, 15) is 19.7 Å². The van der Waals surface area contributed by atoms with E-state index in [4.69, 9.17) is 5.53 Å². The van der Waals surface area contributed by atoms with Crippen molar-refractivity contribution in [2.24, 2.45) is 5.22 Å². The summed E-state index contributed by atoms with van der Waals surface area (Å²) in [6, 6.07) is -1.61. The number of hydrogen-bond acceptors (Lipinski definition) is 5. The molecule has 68 valence electrons. The average molecular weight is 185 g/mol. The first-order valence-electron chi connectivity index (χ1n) is 3.13. The van der Waals surface area contributed by atoms with Crippen molar-refractivity contribution < 1.29 is 14.5 Å². The Morgan fingerprint density at radius 2 is 2.31 bits per heavy atom. The highest BCUT2D eigenvalue weighted by atomic mass is 16.6. The molecule has 2 amide bonds. The number of imide groups is 1. The normalized spacial score (nSPS) is 21.5. The first-order valence-corrected chi connectivity index (χ1v) is 3.13. The minimum Gasteiger partial charge on any atom is -0.264 e. The van der Waals surface area contributed by atoms with E-state index in [1.807, 2.05) is 0 Å². The number of carbonyl (C=O) groups excluding carboxylic acids is 2. The standard InChI is InChI=1S/C4H3N5O4/c5-6-7-8-3(10)1-2(4(8)11)9(12)13/h2H,1H2. The van der Waals surface area contributed by atoms with E-state index in [-0.39, 0.29) is 5.01 Å². The maximum Gasteiger partial charge on any atom is 0.395 e. The van der Waals surface area contributed by atoms with E-state index in [0.29, 0.717) is 0 Å². The second-order valence-corrected chi connectivity index (χ2v) is 2.23. The molecule has 0 aromatic carbocycles. The molecule has 1 aliphatic rings. The molecule has 13 heavy (non-hydrogen) atoms. The minimum absolute atomic E-state index is 0.174. The van der Waals surface area contributed by atoms with Crippen LogP contribution in [0.15, 0.2) is 5.22 Å². The molecule has 9 heteroatoms. The van der Waals surface area contributed by atoms with E-state index >= 15 is 0 Å². The molecule has 9 nitrogen and oxygen atoms in total. The summed E-state index contributed by atoms with van der Waals surface area (Å²) in [6.07, 6.45) is -0.551. The van der Waals surface area contributed by atoms with Crippen LogP contribution in [-0.4, -0.2) is 27.8 Å². The summed E-state index contributed by atoms with van der Waals surface area (Å²) in [7, 11) is 0. The fourth-order valence-electron chi connectivity index (χ4n) is 0.902. The SMILES string of the molecule is [N-]=[N+]=NN1C(=O)CC([N+](=O)[O-])C1=O. The van der Waals surface area contributed by atoms with Gasteiger partial charge < -0.3 is 0 Å². The number of nitro groups is 1. The number of rotatable bonds is 2. The largest absolute Gasteiger partial charge is 0.395 e. The number of nitrogens with zero attached hydrogens (tertiary/aromatic N) is 5. The van der Waals surface area contributed by atoms with Crippen LogP contribution in [0.4, 0.5) is 0 Å². The molecule has 0 N–H and O–H groups in total. The third kappa shape index (κ3) is 1.40. The van der Waals surface area contributed by atoms with E-state index < -0.39 is 29.2 Å². The fourth-order valence-corrected chi connectivity index (χ4v) is 0.902. The van der Waals surface area contributed by atoms with Gasteiger partial charge in [0, 0.05) is 4.92 Å². The van der Waals surface area contributed by atoms with Crippen molar-refractivity contribution >= 4 is 11.8 Å². The number of amides is 2. The van der Waals surface area contributed by atoms with Crippen molar-refractivity contribution in [3.8, 4) is 0 Å². The summed E-state index contributed by atoms with van der Waals surface area (Å²) in [6.45, 7) is 0. The van der Waals surface area contributed by atoms with Crippen molar-refractivity contribution in [2.75, 3.05) is 0 Å². The van der Waals surface area contributed by atoms with Gasteiger partial charge in [-0.25, -0.2) is 9.59 Å². The Morgan fingerprint density at radius 1 is 1.69 bits per heavy atom. The lowest BCUT2D eigenvalue weighted by molar-refractivity contribution is -0.505. The summed E-state index contributed by atoms with van der Waals surface area (Å²) >= 11 is 0. The first kappa shape index (κ1) is 8.94. The van der Waals surface area contributed by atoms with Gasteiger partial charge in [-0.15, -0.1) is 10.5 Å². The summed E-state index contributed by atoms with van der Waals surface area (Å²) in [5, 5.41) is 13.1. The van der Waals surface area contributed by atoms with Crippen molar-refractivity contribution in [3.05, 3.63) is 20.6 Å². The molecular weight excluding hydrogens is 182 g/mol. The van der Waals surface area contributed by atoms with Crippen molar-refractivity contribution in [2.45, 2.75) is 12.5 Å². The predicted molar refractivity (Wildman–Crippen MR) is 36.4 cm³/mol. The van der Waals surface area contributed by atoms with Crippen LogP contribution in [0, 0.1) is 10.1 Å². The van der Waals surface area contributed by atoms with Gasteiger partial charge in [-0.2, -0.15) is 4.91 Å². The molecule has 0 bridgehead atoms. The van der Waals surface area contributed by atoms with Gasteiger partial charge in [-0.3, -0.25) is 10.1 Å². The molecule has 1 atom stereocenters.